The SMILES string of the molecule is CCC1CCC(NC)C(CCOc2ccc(Br)cc2)C1. The van der Waals surface area contributed by atoms with Crippen LogP contribution >= 0.6 is 15.9 Å². The number of hydrogen-bond donors (Lipinski definition) is 1. The molecule has 20 heavy (non-hydrogen) atoms. The third kappa shape index (κ3) is 4.49. The smallest absolute Gasteiger partial charge is 0.119 e. The summed E-state index contributed by atoms with van der Waals surface area (Å²) in [6.07, 6.45) is 6.52. The maximum atomic E-state index is 5.88. The van der Waals surface area contributed by atoms with Crippen molar-refractivity contribution < 1.29 is 4.74 Å². The van der Waals surface area contributed by atoms with E-state index in [2.05, 4.69) is 35.2 Å². The zero-order chi connectivity index (χ0) is 14.4. The normalized spacial score (nSPS) is 26.4. The molecule has 0 radical (unpaired) electrons. The van der Waals surface area contributed by atoms with E-state index >= 15 is 0 Å². The number of halogens is 1. The van der Waals surface area contributed by atoms with Crippen LogP contribution in [0.15, 0.2) is 28.7 Å². The van der Waals surface area contributed by atoms with E-state index in [1.165, 1.54) is 25.7 Å². The molecule has 1 aromatic carbocycles. The van der Waals surface area contributed by atoms with Crippen LogP contribution in [0.5, 0.6) is 5.75 Å². The van der Waals surface area contributed by atoms with Crippen LogP contribution in [-0.4, -0.2) is 19.7 Å². The summed E-state index contributed by atoms with van der Waals surface area (Å²) in [6, 6.07) is 8.77. The topological polar surface area (TPSA) is 21.3 Å². The highest BCUT2D eigenvalue weighted by atomic mass is 79.9. The number of benzene rings is 1. The number of ether oxygens (including phenoxy) is 1. The molecule has 0 amide bonds. The van der Waals surface area contributed by atoms with Crippen LogP contribution in [0.2, 0.25) is 0 Å². The largest absolute Gasteiger partial charge is 0.494 e. The van der Waals surface area contributed by atoms with Gasteiger partial charge in [0.05, 0.1) is 6.61 Å². The van der Waals surface area contributed by atoms with Crippen molar-refractivity contribution in [2.24, 2.45) is 11.8 Å². The molecule has 3 unspecified atom stereocenters. The highest BCUT2D eigenvalue weighted by molar-refractivity contribution is 9.10. The Morgan fingerprint density at radius 2 is 2.00 bits per heavy atom. The molecule has 0 aliphatic heterocycles. The molecule has 1 aliphatic rings. The zero-order valence-electron chi connectivity index (χ0n) is 12.6. The van der Waals surface area contributed by atoms with Crippen LogP contribution in [0.25, 0.3) is 0 Å². The predicted octanol–water partition coefficient (Wildman–Crippen LogP) is 4.63. The predicted molar refractivity (Wildman–Crippen MR) is 88.2 cm³/mol. The lowest BCUT2D eigenvalue weighted by molar-refractivity contribution is 0.169. The van der Waals surface area contributed by atoms with Gasteiger partial charge in [0.1, 0.15) is 5.75 Å². The van der Waals surface area contributed by atoms with Gasteiger partial charge in [0.2, 0.25) is 0 Å². The minimum Gasteiger partial charge on any atom is -0.494 e. The summed E-state index contributed by atoms with van der Waals surface area (Å²) < 4.78 is 6.97. The molecule has 2 nitrogen and oxygen atoms in total. The first-order chi connectivity index (χ1) is 9.72. The van der Waals surface area contributed by atoms with E-state index in [-0.39, 0.29) is 0 Å². The Labute approximate surface area is 131 Å². The van der Waals surface area contributed by atoms with Gasteiger partial charge in [-0.3, -0.25) is 0 Å². The molecule has 112 valence electrons. The second kappa shape index (κ2) is 8.04. The van der Waals surface area contributed by atoms with Gasteiger partial charge in [-0.05, 0) is 68.8 Å². The van der Waals surface area contributed by atoms with Crippen LogP contribution in [0.4, 0.5) is 0 Å². The van der Waals surface area contributed by atoms with Crippen molar-refractivity contribution in [3.63, 3.8) is 0 Å². The molecule has 3 heteroatoms. The van der Waals surface area contributed by atoms with Crippen LogP contribution in [0.1, 0.15) is 39.0 Å². The van der Waals surface area contributed by atoms with Crippen LogP contribution in [0, 0.1) is 11.8 Å². The maximum absolute atomic E-state index is 5.88. The van der Waals surface area contributed by atoms with E-state index in [0.717, 1.165) is 35.1 Å². The highest BCUT2D eigenvalue weighted by Gasteiger charge is 2.28. The second-order valence-corrected chi connectivity index (χ2v) is 6.75. The molecule has 3 atom stereocenters. The van der Waals surface area contributed by atoms with Crippen LogP contribution < -0.4 is 10.1 Å². The molecule has 0 spiro atoms. The van der Waals surface area contributed by atoms with Crippen molar-refractivity contribution in [3.05, 3.63) is 28.7 Å². The Morgan fingerprint density at radius 1 is 1.25 bits per heavy atom. The first kappa shape index (κ1) is 15.8. The lowest BCUT2D eigenvalue weighted by Gasteiger charge is -2.35. The van der Waals surface area contributed by atoms with Crippen LogP contribution in [-0.2, 0) is 0 Å². The van der Waals surface area contributed by atoms with Gasteiger partial charge in [0, 0.05) is 10.5 Å². The van der Waals surface area contributed by atoms with Gasteiger partial charge in [-0.1, -0.05) is 29.3 Å². The number of hydrogen-bond acceptors (Lipinski definition) is 2. The summed E-state index contributed by atoms with van der Waals surface area (Å²) >= 11 is 3.44. The van der Waals surface area contributed by atoms with Crippen molar-refractivity contribution in [2.75, 3.05) is 13.7 Å². The summed E-state index contributed by atoms with van der Waals surface area (Å²) in [5.41, 5.74) is 0. The first-order valence-electron chi connectivity index (χ1n) is 7.78. The second-order valence-electron chi connectivity index (χ2n) is 5.83. The average Bonchev–Trinajstić information content (AvgIpc) is 2.49. The van der Waals surface area contributed by atoms with Crippen molar-refractivity contribution in [2.45, 2.75) is 45.1 Å². The molecular weight excluding hydrogens is 314 g/mol. The average molecular weight is 340 g/mol. The Bertz CT molecular complexity index is 392. The van der Waals surface area contributed by atoms with Gasteiger partial charge in [0.15, 0.2) is 0 Å². The molecule has 1 saturated carbocycles. The minimum absolute atomic E-state index is 0.673. The van der Waals surface area contributed by atoms with Gasteiger partial charge in [-0.15, -0.1) is 0 Å². The third-order valence-electron chi connectivity index (χ3n) is 4.61. The fraction of sp³-hybridized carbons (Fsp3) is 0.647. The lowest BCUT2D eigenvalue weighted by Crippen LogP contribution is -2.39. The molecule has 1 fully saturated rings. The Hall–Kier alpha value is -0.540. The lowest BCUT2D eigenvalue weighted by atomic mass is 9.75. The molecule has 0 bridgehead atoms. The molecule has 0 aromatic heterocycles. The summed E-state index contributed by atoms with van der Waals surface area (Å²) in [5.74, 6) is 2.64. The van der Waals surface area contributed by atoms with E-state index in [1.54, 1.807) is 0 Å². The highest BCUT2D eigenvalue weighted by Crippen LogP contribution is 2.33. The Morgan fingerprint density at radius 3 is 2.65 bits per heavy atom. The molecule has 0 saturated heterocycles. The quantitative estimate of drug-likeness (QED) is 0.815. The van der Waals surface area contributed by atoms with Crippen LogP contribution in [0.3, 0.4) is 0 Å². The van der Waals surface area contributed by atoms with Gasteiger partial charge < -0.3 is 10.1 Å². The van der Waals surface area contributed by atoms with Gasteiger partial charge in [0.25, 0.3) is 0 Å². The van der Waals surface area contributed by atoms with E-state index in [0.29, 0.717) is 6.04 Å². The van der Waals surface area contributed by atoms with Crippen molar-refractivity contribution in [1.82, 2.24) is 5.32 Å². The Kier molecular flexibility index (Phi) is 6.37. The fourth-order valence-corrected chi connectivity index (χ4v) is 3.55. The third-order valence-corrected chi connectivity index (χ3v) is 5.14. The molecule has 1 aromatic rings. The van der Waals surface area contributed by atoms with Gasteiger partial charge in [-0.25, -0.2) is 0 Å². The standard InChI is InChI=1S/C17H26BrNO/c1-3-13-4-9-17(19-2)14(12-13)10-11-20-16-7-5-15(18)6-8-16/h5-8,13-14,17,19H,3-4,9-12H2,1-2H3. The Balaban J connectivity index is 1.80. The van der Waals surface area contributed by atoms with E-state index in [9.17, 15) is 0 Å². The van der Waals surface area contributed by atoms with Gasteiger partial charge in [-0.2, -0.15) is 0 Å². The van der Waals surface area contributed by atoms with Gasteiger partial charge >= 0.3 is 0 Å². The summed E-state index contributed by atoms with van der Waals surface area (Å²) in [4.78, 5) is 0. The summed E-state index contributed by atoms with van der Waals surface area (Å²) in [7, 11) is 2.10. The molecule has 1 N–H and O–H groups in total. The maximum Gasteiger partial charge on any atom is 0.119 e. The van der Waals surface area contributed by atoms with E-state index < -0.39 is 0 Å². The molecule has 2 rings (SSSR count). The number of rotatable bonds is 6. The van der Waals surface area contributed by atoms with Crippen molar-refractivity contribution in [1.29, 1.82) is 0 Å². The van der Waals surface area contributed by atoms with E-state index in [1.807, 2.05) is 24.3 Å². The molecule has 0 heterocycles. The monoisotopic (exact) mass is 339 g/mol. The summed E-state index contributed by atoms with van der Waals surface area (Å²) in [6.45, 7) is 3.14. The van der Waals surface area contributed by atoms with Crippen molar-refractivity contribution in [3.8, 4) is 5.75 Å². The molecular formula is C17H26BrNO. The minimum atomic E-state index is 0.673. The zero-order valence-corrected chi connectivity index (χ0v) is 14.2. The van der Waals surface area contributed by atoms with Crippen molar-refractivity contribution >= 4 is 15.9 Å². The molecule has 1 aliphatic carbocycles. The fourth-order valence-electron chi connectivity index (χ4n) is 3.29. The van der Waals surface area contributed by atoms with E-state index in [4.69, 9.17) is 4.74 Å². The number of nitrogens with one attached hydrogen (secondary N) is 1. The first-order valence-corrected chi connectivity index (χ1v) is 8.57. The summed E-state index contributed by atoms with van der Waals surface area (Å²) in [5, 5.41) is 3.49.